The summed E-state index contributed by atoms with van der Waals surface area (Å²) in [5, 5.41) is 20.0. The van der Waals surface area contributed by atoms with Crippen molar-refractivity contribution in [2.45, 2.75) is 19.0 Å². The molecule has 0 aliphatic heterocycles. The number of nitro groups is 1. The summed E-state index contributed by atoms with van der Waals surface area (Å²) in [5.74, 6) is -0.393. The molecule has 1 aromatic heterocycles. The van der Waals surface area contributed by atoms with E-state index in [2.05, 4.69) is 21.0 Å². The molecule has 0 aliphatic rings. The van der Waals surface area contributed by atoms with Crippen LogP contribution < -0.4 is 10.9 Å². The first-order chi connectivity index (χ1) is 17.3. The zero-order valence-electron chi connectivity index (χ0n) is 19.5. The van der Waals surface area contributed by atoms with Crippen molar-refractivity contribution in [3.05, 3.63) is 99.6 Å². The maximum Gasteiger partial charge on any atom is 0.269 e. The lowest BCUT2D eigenvalue weighted by molar-refractivity contribution is -0.384. The molecule has 0 bridgehead atoms. The molecule has 4 rings (SSSR count). The molecule has 10 nitrogen and oxygen atoms in total. The molecule has 3 aromatic carbocycles. The van der Waals surface area contributed by atoms with Gasteiger partial charge in [-0.15, -0.1) is 10.2 Å². The number of nitrogens with one attached hydrogen (secondary N) is 2. The van der Waals surface area contributed by atoms with Crippen molar-refractivity contribution >= 4 is 29.3 Å². The van der Waals surface area contributed by atoms with Gasteiger partial charge in [0.1, 0.15) is 0 Å². The fraction of sp³-hybridized carbons (Fsp3) is 0.120. The molecule has 0 atom stereocenters. The Morgan fingerprint density at radius 3 is 2.11 bits per heavy atom. The predicted octanol–water partition coefficient (Wildman–Crippen LogP) is 4.01. The van der Waals surface area contributed by atoms with Gasteiger partial charge < -0.3 is 0 Å². The van der Waals surface area contributed by atoms with Crippen LogP contribution in [-0.2, 0) is 4.79 Å². The standard InChI is InChI=1S/C25H22N6O4S/c1-16-3-7-19(8-4-16)24(33)28-26-22(32)15-36-25-29-27-23(18-9-13-21(14-10-18)31(34)35)30(25)20-11-5-17(2)6-12-20/h3-14H,15H2,1-2H3,(H,26,32)(H,28,33). The highest BCUT2D eigenvalue weighted by molar-refractivity contribution is 7.99. The monoisotopic (exact) mass is 502 g/mol. The van der Waals surface area contributed by atoms with Gasteiger partial charge in [-0.25, -0.2) is 0 Å². The lowest BCUT2D eigenvalue weighted by atomic mass is 10.1. The van der Waals surface area contributed by atoms with E-state index in [-0.39, 0.29) is 11.4 Å². The lowest BCUT2D eigenvalue weighted by Gasteiger charge is -2.11. The number of hydrazine groups is 1. The molecule has 1 heterocycles. The van der Waals surface area contributed by atoms with Crippen LogP contribution in [0.25, 0.3) is 17.1 Å². The quantitative estimate of drug-likeness (QED) is 0.222. The molecule has 182 valence electrons. The van der Waals surface area contributed by atoms with E-state index in [1.165, 1.54) is 12.1 Å². The normalized spacial score (nSPS) is 10.6. The van der Waals surface area contributed by atoms with E-state index in [0.717, 1.165) is 28.6 Å². The van der Waals surface area contributed by atoms with E-state index in [4.69, 9.17) is 0 Å². The molecule has 36 heavy (non-hydrogen) atoms. The Bertz CT molecular complexity index is 1400. The van der Waals surface area contributed by atoms with E-state index in [9.17, 15) is 19.7 Å². The average molecular weight is 503 g/mol. The topological polar surface area (TPSA) is 132 Å². The molecule has 0 saturated carbocycles. The van der Waals surface area contributed by atoms with Gasteiger partial charge in [0.15, 0.2) is 11.0 Å². The van der Waals surface area contributed by atoms with Crippen molar-refractivity contribution in [2.75, 3.05) is 5.75 Å². The van der Waals surface area contributed by atoms with Gasteiger partial charge in [-0.2, -0.15) is 0 Å². The predicted molar refractivity (Wildman–Crippen MR) is 136 cm³/mol. The Morgan fingerprint density at radius 1 is 0.889 bits per heavy atom. The number of nitro benzene ring substituents is 1. The Hall–Kier alpha value is -4.51. The van der Waals surface area contributed by atoms with E-state index in [1.807, 2.05) is 50.2 Å². The van der Waals surface area contributed by atoms with Crippen molar-refractivity contribution in [1.29, 1.82) is 0 Å². The van der Waals surface area contributed by atoms with Crippen molar-refractivity contribution < 1.29 is 14.5 Å². The number of hydrogen-bond acceptors (Lipinski definition) is 7. The van der Waals surface area contributed by atoms with Crippen LogP contribution in [0.1, 0.15) is 21.5 Å². The number of carbonyl (C=O) groups excluding carboxylic acids is 2. The van der Waals surface area contributed by atoms with Crippen LogP contribution in [0, 0.1) is 24.0 Å². The molecular weight excluding hydrogens is 480 g/mol. The molecule has 0 unspecified atom stereocenters. The van der Waals surface area contributed by atoms with Crippen LogP contribution in [0.3, 0.4) is 0 Å². The Balaban J connectivity index is 1.50. The first-order valence-electron chi connectivity index (χ1n) is 10.9. The SMILES string of the molecule is Cc1ccc(C(=O)NNC(=O)CSc2nnc(-c3ccc([N+](=O)[O-])cc3)n2-c2ccc(C)cc2)cc1. The minimum absolute atomic E-state index is 0.0286. The van der Waals surface area contributed by atoms with Crippen LogP contribution in [0.2, 0.25) is 0 Å². The van der Waals surface area contributed by atoms with Gasteiger partial charge in [-0.05, 0) is 50.2 Å². The minimum atomic E-state index is -0.466. The number of aryl methyl sites for hydroxylation is 2. The van der Waals surface area contributed by atoms with E-state index < -0.39 is 16.7 Å². The Morgan fingerprint density at radius 2 is 1.50 bits per heavy atom. The maximum absolute atomic E-state index is 12.4. The second kappa shape index (κ2) is 10.8. The van der Waals surface area contributed by atoms with Crippen LogP contribution in [0.4, 0.5) is 5.69 Å². The van der Waals surface area contributed by atoms with Gasteiger partial charge in [0, 0.05) is 28.9 Å². The zero-order valence-corrected chi connectivity index (χ0v) is 20.3. The van der Waals surface area contributed by atoms with Crippen molar-refractivity contribution in [2.24, 2.45) is 0 Å². The number of thioether (sulfide) groups is 1. The van der Waals surface area contributed by atoms with Crippen molar-refractivity contribution in [1.82, 2.24) is 25.6 Å². The third-order valence-corrected chi connectivity index (χ3v) is 6.15. The molecule has 0 fully saturated rings. The molecule has 0 aliphatic carbocycles. The fourth-order valence-electron chi connectivity index (χ4n) is 3.28. The first kappa shape index (κ1) is 24.6. The van der Waals surface area contributed by atoms with Crippen LogP contribution >= 0.6 is 11.8 Å². The molecule has 2 amide bonds. The summed E-state index contributed by atoms with van der Waals surface area (Å²) >= 11 is 1.14. The molecule has 0 saturated heterocycles. The molecule has 0 radical (unpaired) electrons. The molecule has 11 heteroatoms. The van der Waals surface area contributed by atoms with Gasteiger partial charge in [-0.1, -0.05) is 47.2 Å². The summed E-state index contributed by atoms with van der Waals surface area (Å²) in [6.45, 7) is 3.89. The van der Waals surface area contributed by atoms with Gasteiger partial charge in [-0.3, -0.25) is 35.1 Å². The lowest BCUT2D eigenvalue weighted by Crippen LogP contribution is -2.42. The third-order valence-electron chi connectivity index (χ3n) is 5.22. The summed E-state index contributed by atoms with van der Waals surface area (Å²) in [5.41, 5.74) is 8.72. The van der Waals surface area contributed by atoms with Crippen molar-refractivity contribution in [3.63, 3.8) is 0 Å². The van der Waals surface area contributed by atoms with Gasteiger partial charge in [0.25, 0.3) is 11.6 Å². The van der Waals surface area contributed by atoms with Crippen LogP contribution in [-0.4, -0.2) is 37.3 Å². The highest BCUT2D eigenvalue weighted by Gasteiger charge is 2.18. The summed E-state index contributed by atoms with van der Waals surface area (Å²) < 4.78 is 1.78. The number of amides is 2. The molecular formula is C25H22N6O4S. The van der Waals surface area contributed by atoms with Crippen LogP contribution in [0.15, 0.2) is 78.0 Å². The van der Waals surface area contributed by atoms with E-state index in [1.54, 1.807) is 28.8 Å². The second-order valence-corrected chi connectivity index (χ2v) is 8.88. The number of aromatic nitrogens is 3. The highest BCUT2D eigenvalue weighted by atomic mass is 32.2. The Kier molecular flexibility index (Phi) is 7.40. The third kappa shape index (κ3) is 5.76. The average Bonchev–Trinajstić information content (AvgIpc) is 3.31. The summed E-state index contributed by atoms with van der Waals surface area (Å²) in [4.78, 5) is 35.2. The summed E-state index contributed by atoms with van der Waals surface area (Å²) in [6.07, 6.45) is 0. The van der Waals surface area contributed by atoms with Crippen LogP contribution in [0.5, 0.6) is 0 Å². The minimum Gasteiger partial charge on any atom is -0.272 e. The number of nitrogens with zero attached hydrogens (tertiary/aromatic N) is 4. The van der Waals surface area contributed by atoms with E-state index in [0.29, 0.717) is 22.1 Å². The fourth-order valence-corrected chi connectivity index (χ4v) is 4.03. The number of carbonyl (C=O) groups is 2. The molecule has 0 spiro atoms. The molecule has 2 N–H and O–H groups in total. The van der Waals surface area contributed by atoms with Gasteiger partial charge in [0.05, 0.1) is 10.7 Å². The highest BCUT2D eigenvalue weighted by Crippen LogP contribution is 2.29. The first-order valence-corrected chi connectivity index (χ1v) is 11.9. The number of non-ortho nitro benzene ring substituents is 1. The number of hydrogen-bond donors (Lipinski definition) is 2. The van der Waals surface area contributed by atoms with E-state index >= 15 is 0 Å². The largest absolute Gasteiger partial charge is 0.272 e. The Labute approximate surface area is 210 Å². The zero-order chi connectivity index (χ0) is 25.7. The molecule has 4 aromatic rings. The van der Waals surface area contributed by atoms with Crippen molar-refractivity contribution in [3.8, 4) is 17.1 Å². The second-order valence-electron chi connectivity index (χ2n) is 7.94. The number of rotatable bonds is 7. The summed E-state index contributed by atoms with van der Waals surface area (Å²) in [6, 6.07) is 20.7. The smallest absolute Gasteiger partial charge is 0.269 e. The summed E-state index contributed by atoms with van der Waals surface area (Å²) in [7, 11) is 0. The number of benzene rings is 3. The van der Waals surface area contributed by atoms with Gasteiger partial charge in [0.2, 0.25) is 5.91 Å². The van der Waals surface area contributed by atoms with Gasteiger partial charge >= 0.3 is 0 Å². The maximum atomic E-state index is 12.4.